The second-order valence-electron chi connectivity index (χ2n) is 12.8. The van der Waals surface area contributed by atoms with E-state index in [9.17, 15) is 18.0 Å². The summed E-state index contributed by atoms with van der Waals surface area (Å²) in [7, 11) is 2.05. The molecule has 0 radical (unpaired) electrons. The molecule has 0 fully saturated rings. The number of rotatable bonds is 12. The molecule has 5 rings (SSSR count). The summed E-state index contributed by atoms with van der Waals surface area (Å²) in [5.74, 6) is 1.27. The van der Waals surface area contributed by atoms with Crippen molar-refractivity contribution in [3.63, 3.8) is 0 Å². The van der Waals surface area contributed by atoms with E-state index in [0.29, 0.717) is 30.9 Å². The minimum absolute atomic E-state index is 0.000343. The topological polar surface area (TPSA) is 104 Å². The van der Waals surface area contributed by atoms with Gasteiger partial charge in [-0.1, -0.05) is 48.0 Å². The molecule has 0 saturated heterocycles. The number of anilines is 1. The maximum Gasteiger partial charge on any atom is 0.442 e. The maximum absolute atomic E-state index is 13.6. The lowest BCUT2D eigenvalue weighted by Gasteiger charge is -2.20. The van der Waals surface area contributed by atoms with Crippen LogP contribution in [0.5, 0.6) is 0 Å². The Hall–Kier alpha value is -4.06. The van der Waals surface area contributed by atoms with Crippen molar-refractivity contribution in [2.24, 2.45) is 10.2 Å². The van der Waals surface area contributed by atoms with Crippen LogP contribution in [0.2, 0.25) is 0 Å². The molecule has 1 amide bonds. The van der Waals surface area contributed by atoms with Crippen molar-refractivity contribution in [1.29, 1.82) is 0 Å². The normalized spacial score (nSPS) is 14.7. The third-order valence-corrected chi connectivity index (χ3v) is 7.70. The Morgan fingerprint density at radius 1 is 1.02 bits per heavy atom. The van der Waals surface area contributed by atoms with E-state index in [0.717, 1.165) is 48.6 Å². The van der Waals surface area contributed by atoms with Crippen LogP contribution in [-0.2, 0) is 23.2 Å². The van der Waals surface area contributed by atoms with Gasteiger partial charge < -0.3 is 20.3 Å². The summed E-state index contributed by atoms with van der Waals surface area (Å²) < 4.78 is 46.1. The average Bonchev–Trinajstić information content (AvgIpc) is 3.69. The quantitative estimate of drug-likeness (QED) is 0.169. The predicted octanol–water partition coefficient (Wildman–Crippen LogP) is 6.78. The van der Waals surface area contributed by atoms with Gasteiger partial charge in [0.1, 0.15) is 17.2 Å². The van der Waals surface area contributed by atoms with Gasteiger partial charge in [0.2, 0.25) is 0 Å². The highest BCUT2D eigenvalue weighted by Gasteiger charge is 2.65. The minimum atomic E-state index is -4.58. The fraction of sp³-hybridized carbons (Fsp3) is 0.485. The molecule has 2 heterocycles. The van der Waals surface area contributed by atoms with Crippen LogP contribution in [0.1, 0.15) is 67.4 Å². The minimum Gasteiger partial charge on any atom is -0.444 e. The SMILES string of the molecule is Cc1ccc2c(c1)Cc1nc(Cc3cccc(C4(C(F)(F)F)N=N4)c3)nc(NCCCN(C)CCCNC(=O)OC(C)(C)C)c1-2. The number of ether oxygens (including phenoxy) is 1. The largest absolute Gasteiger partial charge is 0.444 e. The van der Waals surface area contributed by atoms with Gasteiger partial charge in [0.15, 0.2) is 0 Å². The van der Waals surface area contributed by atoms with Gasteiger partial charge in [-0.3, -0.25) is 0 Å². The Balaban J connectivity index is 1.23. The van der Waals surface area contributed by atoms with Gasteiger partial charge in [-0.25, -0.2) is 14.8 Å². The second-order valence-corrected chi connectivity index (χ2v) is 12.8. The molecule has 0 atom stereocenters. The predicted molar refractivity (Wildman–Crippen MR) is 166 cm³/mol. The summed E-state index contributed by atoms with van der Waals surface area (Å²) in [4.78, 5) is 23.8. The monoisotopic (exact) mass is 623 g/mol. The molecule has 1 aliphatic carbocycles. The Bertz CT molecular complexity index is 1580. The first kappa shape index (κ1) is 32.3. The van der Waals surface area contributed by atoms with Crippen LogP contribution in [0.25, 0.3) is 11.1 Å². The number of aromatic nitrogens is 2. The third kappa shape index (κ3) is 7.78. The van der Waals surface area contributed by atoms with Crippen LogP contribution in [0.4, 0.5) is 23.8 Å². The lowest BCUT2D eigenvalue weighted by molar-refractivity contribution is -0.166. The highest BCUT2D eigenvalue weighted by molar-refractivity contribution is 5.84. The lowest BCUT2D eigenvalue weighted by Crippen LogP contribution is -2.34. The smallest absolute Gasteiger partial charge is 0.442 e. The van der Waals surface area contributed by atoms with E-state index < -0.39 is 23.5 Å². The summed E-state index contributed by atoms with van der Waals surface area (Å²) in [5, 5.41) is 13.0. The Morgan fingerprint density at radius 3 is 2.44 bits per heavy atom. The van der Waals surface area contributed by atoms with Crippen molar-refractivity contribution in [2.75, 3.05) is 38.5 Å². The van der Waals surface area contributed by atoms with Crippen molar-refractivity contribution < 1.29 is 22.7 Å². The summed E-state index contributed by atoms with van der Waals surface area (Å²) in [6, 6.07) is 12.6. The number of hydrogen-bond donors (Lipinski definition) is 2. The number of amides is 1. The molecule has 1 aromatic heterocycles. The van der Waals surface area contributed by atoms with Gasteiger partial charge in [-0.2, -0.15) is 13.2 Å². The molecule has 45 heavy (non-hydrogen) atoms. The molecule has 0 saturated carbocycles. The number of carbonyl (C=O) groups is 1. The molecule has 2 N–H and O–H groups in total. The zero-order chi connectivity index (χ0) is 32.4. The summed E-state index contributed by atoms with van der Waals surface area (Å²) in [6.45, 7) is 10.4. The highest BCUT2D eigenvalue weighted by atomic mass is 19.4. The lowest BCUT2D eigenvalue weighted by atomic mass is 9.99. The van der Waals surface area contributed by atoms with Crippen LogP contribution in [0.3, 0.4) is 0 Å². The molecular formula is C33H40F3N7O2. The Morgan fingerprint density at radius 2 is 1.76 bits per heavy atom. The van der Waals surface area contributed by atoms with E-state index >= 15 is 0 Å². The van der Waals surface area contributed by atoms with Gasteiger partial charge in [-0.05, 0) is 77.4 Å². The average molecular weight is 624 g/mol. The molecule has 0 unspecified atom stereocenters. The molecule has 2 aliphatic rings. The van der Waals surface area contributed by atoms with Crippen LogP contribution in [-0.4, -0.2) is 66.0 Å². The zero-order valence-electron chi connectivity index (χ0n) is 26.4. The van der Waals surface area contributed by atoms with E-state index in [-0.39, 0.29) is 12.0 Å². The number of hydrogen-bond acceptors (Lipinski definition) is 8. The summed E-state index contributed by atoms with van der Waals surface area (Å²) >= 11 is 0. The standard InChI is InChI=1S/C33H40F3N7O2/c1-21-11-12-25-23(17-21)20-26-28(25)29(37-13-7-15-43(5)16-8-14-38-30(44)45-31(2,3)4)40-27(39-26)19-22-9-6-10-24(18-22)32(41-42-32)33(34,35)36/h6,9-12,17-18H,7-8,13-16,19-20H2,1-5H3,(H,38,44)(H,37,39,40). The van der Waals surface area contributed by atoms with Gasteiger partial charge in [0.05, 0.1) is 5.69 Å². The molecule has 240 valence electrons. The van der Waals surface area contributed by atoms with Gasteiger partial charge in [0.25, 0.3) is 0 Å². The number of halogens is 3. The van der Waals surface area contributed by atoms with E-state index in [1.165, 1.54) is 23.3 Å². The van der Waals surface area contributed by atoms with Crippen molar-refractivity contribution in [2.45, 2.75) is 70.8 Å². The number of alkyl carbamates (subject to hydrolysis) is 1. The van der Waals surface area contributed by atoms with E-state index in [1.807, 2.05) is 27.8 Å². The molecule has 0 bridgehead atoms. The molecule has 2 aromatic carbocycles. The van der Waals surface area contributed by atoms with Crippen molar-refractivity contribution in [3.8, 4) is 11.1 Å². The first-order valence-corrected chi connectivity index (χ1v) is 15.2. The van der Waals surface area contributed by atoms with E-state index in [1.54, 1.807) is 12.1 Å². The van der Waals surface area contributed by atoms with E-state index in [4.69, 9.17) is 14.7 Å². The third-order valence-electron chi connectivity index (χ3n) is 7.70. The summed E-state index contributed by atoms with van der Waals surface area (Å²) in [5.41, 5.74) is 3.02. The van der Waals surface area contributed by atoms with Gasteiger partial charge in [0, 0.05) is 37.1 Å². The maximum atomic E-state index is 13.6. The van der Waals surface area contributed by atoms with Gasteiger partial charge in [-0.15, -0.1) is 10.2 Å². The van der Waals surface area contributed by atoms with Crippen LogP contribution in [0.15, 0.2) is 52.7 Å². The van der Waals surface area contributed by atoms with Crippen LogP contribution < -0.4 is 10.6 Å². The van der Waals surface area contributed by atoms with Gasteiger partial charge >= 0.3 is 17.9 Å². The van der Waals surface area contributed by atoms with Crippen molar-refractivity contribution >= 4 is 11.9 Å². The number of aryl methyl sites for hydroxylation is 1. The number of fused-ring (bicyclic) bond motifs is 3. The number of nitrogens with zero attached hydrogens (tertiary/aromatic N) is 5. The number of alkyl halides is 3. The van der Waals surface area contributed by atoms with Crippen molar-refractivity contribution in [3.05, 3.63) is 76.2 Å². The fourth-order valence-corrected chi connectivity index (χ4v) is 5.51. The highest BCUT2D eigenvalue weighted by Crippen LogP contribution is 2.52. The van der Waals surface area contributed by atoms with Crippen molar-refractivity contribution in [1.82, 2.24) is 20.2 Å². The molecular weight excluding hydrogens is 583 g/mol. The molecule has 3 aromatic rings. The second kappa shape index (κ2) is 12.7. The first-order chi connectivity index (χ1) is 21.2. The molecule has 9 nitrogen and oxygen atoms in total. The molecule has 1 aliphatic heterocycles. The molecule has 12 heteroatoms. The number of carbonyl (C=O) groups excluding carboxylic acids is 1. The Kier molecular flexibility index (Phi) is 9.16. The van der Waals surface area contributed by atoms with Crippen LogP contribution >= 0.6 is 0 Å². The summed E-state index contributed by atoms with van der Waals surface area (Å²) in [6.07, 6.45) is -2.38. The molecule has 0 spiro atoms. The van der Waals surface area contributed by atoms with E-state index in [2.05, 4.69) is 50.9 Å². The van der Waals surface area contributed by atoms with Crippen LogP contribution in [0, 0.1) is 6.92 Å². The Labute approximate surface area is 261 Å². The number of benzene rings is 2. The fourth-order valence-electron chi connectivity index (χ4n) is 5.51. The first-order valence-electron chi connectivity index (χ1n) is 15.2. The number of nitrogens with one attached hydrogen (secondary N) is 2. The zero-order valence-corrected chi connectivity index (χ0v) is 26.4.